The Morgan fingerprint density at radius 1 is 0.489 bits per heavy atom. The minimum absolute atomic E-state index is 0.113. The molecule has 1 heterocycles. The predicted octanol–water partition coefficient (Wildman–Crippen LogP) is 12.2. The van der Waals surface area contributed by atoms with Gasteiger partial charge in [0.2, 0.25) is 0 Å². The van der Waals surface area contributed by atoms with E-state index in [1.165, 1.54) is 49.5 Å². The first-order chi connectivity index (χ1) is 22.1. The van der Waals surface area contributed by atoms with Crippen molar-refractivity contribution in [3.63, 3.8) is 0 Å². The van der Waals surface area contributed by atoms with Crippen LogP contribution < -0.4 is 4.90 Å². The zero-order valence-corrected chi connectivity index (χ0v) is 25.3. The lowest BCUT2D eigenvalue weighted by Gasteiger charge is -2.26. The zero-order chi connectivity index (χ0) is 30.1. The summed E-state index contributed by atoms with van der Waals surface area (Å²) in [7, 11) is 0. The van der Waals surface area contributed by atoms with E-state index in [-0.39, 0.29) is 5.41 Å². The van der Waals surface area contributed by atoms with Crippen LogP contribution in [-0.4, -0.2) is 0 Å². The van der Waals surface area contributed by atoms with Crippen molar-refractivity contribution in [1.29, 1.82) is 0 Å². The summed E-state index contributed by atoms with van der Waals surface area (Å²) in [4.78, 5) is 2.33. The summed E-state index contributed by atoms with van der Waals surface area (Å²) in [6, 6.07) is 54.5. The number of benzene rings is 7. The second-order valence-corrected chi connectivity index (χ2v) is 12.6. The molecule has 1 aliphatic carbocycles. The van der Waals surface area contributed by atoms with Gasteiger partial charge in [0.1, 0.15) is 11.2 Å². The summed E-state index contributed by atoms with van der Waals surface area (Å²) in [5.74, 6) is 0. The molecule has 1 aromatic heterocycles. The van der Waals surface area contributed by atoms with Crippen LogP contribution in [-0.2, 0) is 5.41 Å². The zero-order valence-electron chi connectivity index (χ0n) is 25.3. The molecular weight excluding hydrogens is 546 g/mol. The topological polar surface area (TPSA) is 16.4 Å². The Morgan fingerprint density at radius 2 is 1.16 bits per heavy atom. The number of rotatable bonds is 4. The quantitative estimate of drug-likeness (QED) is 0.207. The molecule has 0 spiro atoms. The van der Waals surface area contributed by atoms with Gasteiger partial charge < -0.3 is 9.32 Å². The van der Waals surface area contributed by atoms with E-state index in [4.69, 9.17) is 4.42 Å². The van der Waals surface area contributed by atoms with E-state index in [9.17, 15) is 0 Å². The lowest BCUT2D eigenvalue weighted by atomic mass is 9.80. The molecule has 0 saturated heterocycles. The summed E-state index contributed by atoms with van der Waals surface area (Å²) < 4.78 is 6.65. The van der Waals surface area contributed by atoms with Gasteiger partial charge in [-0.1, -0.05) is 117 Å². The van der Waals surface area contributed by atoms with Gasteiger partial charge >= 0.3 is 0 Å². The van der Waals surface area contributed by atoms with Gasteiger partial charge in [0.05, 0.1) is 0 Å². The van der Waals surface area contributed by atoms with E-state index in [2.05, 4.69) is 170 Å². The highest BCUT2D eigenvalue weighted by atomic mass is 16.3. The van der Waals surface area contributed by atoms with Crippen LogP contribution in [0.1, 0.15) is 25.0 Å². The molecule has 0 unspecified atom stereocenters. The molecule has 0 N–H and O–H groups in total. The lowest BCUT2D eigenvalue weighted by molar-refractivity contribution is 0.657. The van der Waals surface area contributed by atoms with Crippen molar-refractivity contribution in [2.24, 2.45) is 0 Å². The van der Waals surface area contributed by atoms with Crippen molar-refractivity contribution in [2.45, 2.75) is 19.3 Å². The largest absolute Gasteiger partial charge is 0.456 e. The van der Waals surface area contributed by atoms with Gasteiger partial charge in [-0.2, -0.15) is 0 Å². The number of hydrogen-bond donors (Lipinski definition) is 0. The fourth-order valence-corrected chi connectivity index (χ4v) is 7.46. The molecule has 214 valence electrons. The summed E-state index contributed by atoms with van der Waals surface area (Å²) in [6.45, 7) is 4.68. The third-order valence-electron chi connectivity index (χ3n) is 9.62. The van der Waals surface area contributed by atoms with Gasteiger partial charge in [0.15, 0.2) is 0 Å². The molecule has 0 amide bonds. The van der Waals surface area contributed by atoms with Crippen molar-refractivity contribution in [2.75, 3.05) is 4.90 Å². The molecule has 0 fully saturated rings. The van der Waals surface area contributed by atoms with Crippen LogP contribution in [0, 0.1) is 0 Å². The number of furan rings is 1. The van der Waals surface area contributed by atoms with Gasteiger partial charge in [-0.25, -0.2) is 0 Å². The van der Waals surface area contributed by atoms with Gasteiger partial charge in [0, 0.05) is 39.3 Å². The number of anilines is 3. The molecule has 7 aromatic carbocycles. The number of nitrogens with zero attached hydrogens (tertiary/aromatic N) is 1. The van der Waals surface area contributed by atoms with Crippen LogP contribution in [0.4, 0.5) is 17.1 Å². The standard InChI is InChI=1S/C43H31NO/c1-43(2)38-15-9-8-14-35(38)36-24-25-39-41(42(36)43)37-23-22-34(27-40(37)45-39)44(33-21-18-29-12-6-7-13-31(29)26-33)32-19-16-30(17-20-32)28-10-4-3-5-11-28/h3-27H,1-2H3. The van der Waals surface area contributed by atoms with Crippen molar-refractivity contribution >= 4 is 49.8 Å². The predicted molar refractivity (Wildman–Crippen MR) is 189 cm³/mol. The third-order valence-corrected chi connectivity index (χ3v) is 9.62. The minimum atomic E-state index is -0.113. The van der Waals surface area contributed by atoms with E-state index >= 15 is 0 Å². The fourth-order valence-electron chi connectivity index (χ4n) is 7.46. The Labute approximate surface area is 262 Å². The molecular formula is C43H31NO. The molecule has 45 heavy (non-hydrogen) atoms. The van der Waals surface area contributed by atoms with E-state index in [0.717, 1.165) is 33.6 Å². The molecule has 2 nitrogen and oxygen atoms in total. The monoisotopic (exact) mass is 577 g/mol. The first-order valence-corrected chi connectivity index (χ1v) is 15.6. The Balaban J connectivity index is 1.22. The summed E-state index contributed by atoms with van der Waals surface area (Å²) in [5, 5.41) is 4.82. The second-order valence-electron chi connectivity index (χ2n) is 12.6. The summed E-state index contributed by atoms with van der Waals surface area (Å²) >= 11 is 0. The minimum Gasteiger partial charge on any atom is -0.456 e. The van der Waals surface area contributed by atoms with E-state index < -0.39 is 0 Å². The van der Waals surface area contributed by atoms with Gasteiger partial charge in [-0.3, -0.25) is 0 Å². The van der Waals surface area contributed by atoms with Crippen LogP contribution in [0.25, 0.3) is 55.0 Å². The number of fused-ring (bicyclic) bond motifs is 8. The molecule has 0 saturated carbocycles. The van der Waals surface area contributed by atoms with Crippen LogP contribution in [0.15, 0.2) is 156 Å². The first-order valence-electron chi connectivity index (χ1n) is 15.6. The molecule has 9 rings (SSSR count). The van der Waals surface area contributed by atoms with Gasteiger partial charge in [-0.05, 0) is 86.6 Å². The highest BCUT2D eigenvalue weighted by Gasteiger charge is 2.37. The maximum Gasteiger partial charge on any atom is 0.137 e. The van der Waals surface area contributed by atoms with Crippen molar-refractivity contribution in [3.8, 4) is 22.3 Å². The Bertz CT molecular complexity index is 2400. The van der Waals surface area contributed by atoms with E-state index in [0.29, 0.717) is 0 Å². The fraction of sp³-hybridized carbons (Fsp3) is 0.0698. The van der Waals surface area contributed by atoms with Crippen LogP contribution in [0.2, 0.25) is 0 Å². The summed E-state index contributed by atoms with van der Waals surface area (Å²) in [5.41, 5.74) is 12.8. The smallest absolute Gasteiger partial charge is 0.137 e. The van der Waals surface area contributed by atoms with Crippen molar-refractivity contribution in [3.05, 3.63) is 163 Å². The van der Waals surface area contributed by atoms with Gasteiger partial charge in [0.25, 0.3) is 0 Å². The Morgan fingerprint density at radius 3 is 2.00 bits per heavy atom. The van der Waals surface area contributed by atoms with E-state index in [1.54, 1.807) is 0 Å². The normalized spacial score (nSPS) is 13.3. The van der Waals surface area contributed by atoms with Crippen molar-refractivity contribution in [1.82, 2.24) is 0 Å². The molecule has 1 aliphatic rings. The maximum absolute atomic E-state index is 6.65. The average molecular weight is 578 g/mol. The molecule has 0 radical (unpaired) electrons. The van der Waals surface area contributed by atoms with Crippen molar-refractivity contribution < 1.29 is 4.42 Å². The third kappa shape index (κ3) is 3.96. The molecule has 2 heteroatoms. The molecule has 0 aliphatic heterocycles. The molecule has 8 aromatic rings. The first kappa shape index (κ1) is 25.9. The number of hydrogen-bond acceptors (Lipinski definition) is 2. The Hall–Kier alpha value is -5.60. The van der Waals surface area contributed by atoms with Gasteiger partial charge in [-0.15, -0.1) is 0 Å². The SMILES string of the molecule is CC1(C)c2ccccc2-c2ccc3oc4cc(N(c5ccc(-c6ccccc6)cc5)c5ccc6ccccc6c5)ccc4c3c21. The van der Waals surface area contributed by atoms with E-state index in [1.807, 2.05) is 0 Å². The maximum atomic E-state index is 6.65. The molecule has 0 bridgehead atoms. The summed E-state index contributed by atoms with van der Waals surface area (Å²) in [6.07, 6.45) is 0. The van der Waals surface area contributed by atoms with Crippen LogP contribution in [0.3, 0.4) is 0 Å². The molecule has 0 atom stereocenters. The van der Waals surface area contributed by atoms with Crippen LogP contribution in [0.5, 0.6) is 0 Å². The average Bonchev–Trinajstić information content (AvgIpc) is 3.57. The highest BCUT2D eigenvalue weighted by molar-refractivity contribution is 6.11. The van der Waals surface area contributed by atoms with Crippen LogP contribution >= 0.6 is 0 Å². The second kappa shape index (κ2) is 9.70. The highest BCUT2D eigenvalue weighted by Crippen LogP contribution is 2.53. The Kier molecular flexibility index (Phi) is 5.58. The lowest BCUT2D eigenvalue weighted by Crippen LogP contribution is -2.15.